The molecule has 0 saturated heterocycles. The SMILES string of the molecule is CCN(C(=O)c1sc(N)c(N)c1C)C1CCCCC1. The number of carbonyl (C=O) groups excluding carboxylic acids is 1. The third-order valence-corrected chi connectivity index (χ3v) is 5.16. The molecule has 0 aromatic carbocycles. The van der Waals surface area contributed by atoms with Crippen molar-refractivity contribution in [1.29, 1.82) is 0 Å². The van der Waals surface area contributed by atoms with Gasteiger partial charge >= 0.3 is 0 Å². The number of hydrogen-bond donors (Lipinski definition) is 2. The molecule has 106 valence electrons. The Hall–Kier alpha value is -1.23. The van der Waals surface area contributed by atoms with Gasteiger partial charge in [0, 0.05) is 12.6 Å². The number of anilines is 2. The Bertz CT molecular complexity index is 464. The summed E-state index contributed by atoms with van der Waals surface area (Å²) < 4.78 is 0. The molecule has 1 aliphatic rings. The largest absolute Gasteiger partial charge is 0.396 e. The molecular weight excluding hydrogens is 258 g/mol. The average molecular weight is 281 g/mol. The van der Waals surface area contributed by atoms with Crippen LogP contribution in [0.5, 0.6) is 0 Å². The zero-order valence-corrected chi connectivity index (χ0v) is 12.6. The summed E-state index contributed by atoms with van der Waals surface area (Å²) in [6.45, 7) is 4.67. The van der Waals surface area contributed by atoms with Gasteiger partial charge in [-0.25, -0.2) is 0 Å². The predicted octanol–water partition coefficient (Wildman–Crippen LogP) is 3.02. The molecule has 1 aliphatic carbocycles. The van der Waals surface area contributed by atoms with Gasteiger partial charge < -0.3 is 16.4 Å². The number of amides is 1. The molecule has 0 spiro atoms. The van der Waals surface area contributed by atoms with E-state index in [0.29, 0.717) is 21.6 Å². The Morgan fingerprint density at radius 1 is 1.32 bits per heavy atom. The molecule has 1 aromatic rings. The second-order valence-electron chi connectivity index (χ2n) is 5.22. The lowest BCUT2D eigenvalue weighted by Crippen LogP contribution is -2.41. The maximum absolute atomic E-state index is 12.7. The fourth-order valence-electron chi connectivity index (χ4n) is 2.84. The minimum atomic E-state index is 0.0975. The quantitative estimate of drug-likeness (QED) is 0.894. The summed E-state index contributed by atoms with van der Waals surface area (Å²) in [7, 11) is 0. The van der Waals surface area contributed by atoms with E-state index >= 15 is 0 Å². The smallest absolute Gasteiger partial charge is 0.264 e. The van der Waals surface area contributed by atoms with E-state index < -0.39 is 0 Å². The highest BCUT2D eigenvalue weighted by molar-refractivity contribution is 7.18. The first kappa shape index (κ1) is 14.2. The lowest BCUT2D eigenvalue weighted by Gasteiger charge is -2.33. The van der Waals surface area contributed by atoms with Gasteiger partial charge in [-0.15, -0.1) is 11.3 Å². The number of thiophene rings is 1. The summed E-state index contributed by atoms with van der Waals surface area (Å²) in [5.41, 5.74) is 13.1. The van der Waals surface area contributed by atoms with Crippen molar-refractivity contribution in [2.75, 3.05) is 18.0 Å². The van der Waals surface area contributed by atoms with E-state index in [1.165, 1.54) is 30.6 Å². The number of rotatable bonds is 3. The first-order valence-corrected chi connectivity index (χ1v) is 7.83. The van der Waals surface area contributed by atoms with Crippen molar-refractivity contribution in [3.05, 3.63) is 10.4 Å². The molecule has 4 nitrogen and oxygen atoms in total. The number of carbonyl (C=O) groups is 1. The molecule has 1 fully saturated rings. The highest BCUT2D eigenvalue weighted by atomic mass is 32.1. The molecule has 1 saturated carbocycles. The number of nitrogen functional groups attached to an aromatic ring is 2. The fraction of sp³-hybridized carbons (Fsp3) is 0.643. The second-order valence-corrected chi connectivity index (χ2v) is 6.27. The van der Waals surface area contributed by atoms with Crippen LogP contribution in [-0.4, -0.2) is 23.4 Å². The molecule has 0 bridgehead atoms. The van der Waals surface area contributed by atoms with Gasteiger partial charge in [0.2, 0.25) is 0 Å². The van der Waals surface area contributed by atoms with Crippen LogP contribution in [0.25, 0.3) is 0 Å². The van der Waals surface area contributed by atoms with Crippen molar-refractivity contribution in [3.8, 4) is 0 Å². The van der Waals surface area contributed by atoms with Crippen molar-refractivity contribution in [1.82, 2.24) is 4.90 Å². The minimum absolute atomic E-state index is 0.0975. The van der Waals surface area contributed by atoms with E-state index in [1.807, 2.05) is 18.7 Å². The maximum Gasteiger partial charge on any atom is 0.264 e. The van der Waals surface area contributed by atoms with Crippen LogP contribution < -0.4 is 11.5 Å². The molecular formula is C14H23N3OS. The summed E-state index contributed by atoms with van der Waals surface area (Å²) >= 11 is 1.32. The van der Waals surface area contributed by atoms with Gasteiger partial charge in [-0.3, -0.25) is 4.79 Å². The molecule has 2 rings (SSSR count). The zero-order valence-electron chi connectivity index (χ0n) is 11.7. The average Bonchev–Trinajstić information content (AvgIpc) is 2.68. The third-order valence-electron chi connectivity index (χ3n) is 4.03. The van der Waals surface area contributed by atoms with Gasteiger partial charge in [0.15, 0.2) is 0 Å². The first-order valence-electron chi connectivity index (χ1n) is 7.01. The standard InChI is InChI=1S/C14H23N3OS/c1-3-17(10-7-5-4-6-8-10)14(18)12-9(2)11(15)13(16)19-12/h10H,3-8,15-16H2,1-2H3. The van der Waals surface area contributed by atoms with Gasteiger partial charge in [-0.2, -0.15) is 0 Å². The molecule has 0 aliphatic heterocycles. The number of hydrogen-bond acceptors (Lipinski definition) is 4. The van der Waals surface area contributed by atoms with Gasteiger partial charge in [0.05, 0.1) is 10.6 Å². The Morgan fingerprint density at radius 2 is 1.95 bits per heavy atom. The summed E-state index contributed by atoms with van der Waals surface area (Å²) in [5, 5.41) is 0.556. The van der Waals surface area contributed by atoms with Crippen molar-refractivity contribution in [3.63, 3.8) is 0 Å². The maximum atomic E-state index is 12.7. The Kier molecular flexibility index (Phi) is 4.34. The summed E-state index contributed by atoms with van der Waals surface area (Å²) in [6.07, 6.45) is 5.98. The zero-order chi connectivity index (χ0) is 14.0. The van der Waals surface area contributed by atoms with Crippen LogP contribution in [0, 0.1) is 6.92 Å². The van der Waals surface area contributed by atoms with Crippen molar-refractivity contribution >= 4 is 27.9 Å². The Morgan fingerprint density at radius 3 is 2.42 bits per heavy atom. The molecule has 0 radical (unpaired) electrons. The van der Waals surface area contributed by atoms with Crippen LogP contribution in [0.2, 0.25) is 0 Å². The molecule has 19 heavy (non-hydrogen) atoms. The highest BCUT2D eigenvalue weighted by Crippen LogP contribution is 2.34. The van der Waals surface area contributed by atoms with E-state index in [2.05, 4.69) is 0 Å². The van der Waals surface area contributed by atoms with Crippen LogP contribution in [0.1, 0.15) is 54.3 Å². The van der Waals surface area contributed by atoms with Gasteiger partial charge in [-0.05, 0) is 32.3 Å². The second kappa shape index (κ2) is 5.82. The van der Waals surface area contributed by atoms with Crippen LogP contribution in [0.4, 0.5) is 10.7 Å². The highest BCUT2D eigenvalue weighted by Gasteiger charge is 2.27. The van der Waals surface area contributed by atoms with E-state index in [9.17, 15) is 4.79 Å². The molecule has 4 N–H and O–H groups in total. The molecule has 1 amide bonds. The van der Waals surface area contributed by atoms with Crippen molar-refractivity contribution < 1.29 is 4.79 Å². The first-order chi connectivity index (χ1) is 9.06. The van der Waals surface area contributed by atoms with Gasteiger partial charge in [-0.1, -0.05) is 19.3 Å². The molecule has 1 heterocycles. The van der Waals surface area contributed by atoms with Crippen LogP contribution in [0.3, 0.4) is 0 Å². The minimum Gasteiger partial charge on any atom is -0.396 e. The Labute approximate surface area is 118 Å². The normalized spacial score (nSPS) is 16.5. The van der Waals surface area contributed by atoms with E-state index in [0.717, 1.165) is 24.9 Å². The van der Waals surface area contributed by atoms with Crippen molar-refractivity contribution in [2.24, 2.45) is 0 Å². The third kappa shape index (κ3) is 2.71. The predicted molar refractivity (Wildman–Crippen MR) is 81.5 cm³/mol. The van der Waals surface area contributed by atoms with E-state index in [4.69, 9.17) is 11.5 Å². The summed E-state index contributed by atoms with van der Waals surface area (Å²) in [6, 6.07) is 0.384. The van der Waals surface area contributed by atoms with Crippen molar-refractivity contribution in [2.45, 2.75) is 52.0 Å². The summed E-state index contributed by atoms with van der Waals surface area (Å²) in [4.78, 5) is 15.4. The Balaban J connectivity index is 2.22. The van der Waals surface area contributed by atoms with Crippen LogP contribution in [-0.2, 0) is 0 Å². The molecule has 5 heteroatoms. The van der Waals surface area contributed by atoms with E-state index in [-0.39, 0.29) is 5.91 Å². The van der Waals surface area contributed by atoms with Gasteiger partial charge in [0.25, 0.3) is 5.91 Å². The number of nitrogens with two attached hydrogens (primary N) is 2. The van der Waals surface area contributed by atoms with Crippen LogP contribution >= 0.6 is 11.3 Å². The monoisotopic (exact) mass is 281 g/mol. The van der Waals surface area contributed by atoms with Gasteiger partial charge in [0.1, 0.15) is 5.00 Å². The molecule has 1 aromatic heterocycles. The fourth-order valence-corrected chi connectivity index (χ4v) is 3.79. The summed E-state index contributed by atoms with van der Waals surface area (Å²) in [5.74, 6) is 0.0975. The van der Waals surface area contributed by atoms with E-state index in [1.54, 1.807) is 0 Å². The molecule has 0 atom stereocenters. The lowest BCUT2D eigenvalue weighted by atomic mass is 9.94. The number of nitrogens with zero attached hydrogens (tertiary/aromatic N) is 1. The molecule has 0 unspecified atom stereocenters. The van der Waals surface area contributed by atoms with Crippen LogP contribution in [0.15, 0.2) is 0 Å². The lowest BCUT2D eigenvalue weighted by molar-refractivity contribution is 0.0652. The topological polar surface area (TPSA) is 72.3 Å².